The van der Waals surface area contributed by atoms with Crippen LogP contribution in [0.3, 0.4) is 0 Å². The van der Waals surface area contributed by atoms with E-state index >= 15 is 0 Å². The van der Waals surface area contributed by atoms with E-state index in [2.05, 4.69) is 0 Å². The molecule has 1 aliphatic heterocycles. The molecule has 1 heterocycles. The quantitative estimate of drug-likeness (QED) is 0.624. The van der Waals surface area contributed by atoms with Gasteiger partial charge in [0, 0.05) is 31.2 Å². The van der Waals surface area contributed by atoms with Crippen molar-refractivity contribution in [2.24, 2.45) is 0 Å². The largest absolute Gasteiger partial charge is 0.244 e. The lowest BCUT2D eigenvalue weighted by atomic mass is 9.95. The minimum absolute atomic E-state index is 0.0341. The number of benzene rings is 2. The number of rotatable bonds is 4. The van der Waals surface area contributed by atoms with Crippen LogP contribution in [0.4, 0.5) is 0 Å². The van der Waals surface area contributed by atoms with Gasteiger partial charge in [0.1, 0.15) is 4.90 Å². The van der Waals surface area contributed by atoms with E-state index in [9.17, 15) is 16.8 Å². The Kier molecular flexibility index (Phi) is 6.83. The highest BCUT2D eigenvalue weighted by atomic mass is 35.5. The van der Waals surface area contributed by atoms with E-state index in [1.54, 1.807) is 0 Å². The maximum absolute atomic E-state index is 13.5. The van der Waals surface area contributed by atoms with Crippen molar-refractivity contribution in [2.45, 2.75) is 44.4 Å². The predicted molar refractivity (Wildman–Crippen MR) is 124 cm³/mol. The van der Waals surface area contributed by atoms with Crippen LogP contribution >= 0.6 is 23.2 Å². The molecule has 170 valence electrons. The van der Waals surface area contributed by atoms with Gasteiger partial charge in [-0.1, -0.05) is 23.2 Å². The molecule has 2 aromatic rings. The number of halogens is 2. The molecule has 10 heteroatoms. The summed E-state index contributed by atoms with van der Waals surface area (Å²) in [7, 11) is -7.66. The molecule has 1 fully saturated rings. The van der Waals surface area contributed by atoms with Crippen molar-refractivity contribution in [1.29, 1.82) is 0 Å². The Morgan fingerprint density at radius 3 is 1.58 bits per heavy atom. The molecule has 6 nitrogen and oxygen atoms in total. The second-order valence-corrected chi connectivity index (χ2v) is 12.5. The molecule has 0 N–H and O–H groups in total. The Hall–Kier alpha value is -1.16. The zero-order valence-electron chi connectivity index (χ0n) is 18.2. The number of piperazine rings is 1. The van der Waals surface area contributed by atoms with E-state index in [1.165, 1.54) is 26.8 Å². The smallest absolute Gasteiger partial charge is 0.207 e. The van der Waals surface area contributed by atoms with Gasteiger partial charge in [0.25, 0.3) is 0 Å². The van der Waals surface area contributed by atoms with E-state index in [-0.39, 0.29) is 41.1 Å². The fourth-order valence-corrected chi connectivity index (χ4v) is 8.09. The highest BCUT2D eigenvalue weighted by Crippen LogP contribution is 2.33. The molecule has 1 saturated heterocycles. The third-order valence-corrected chi connectivity index (χ3v) is 11.0. The SMILES string of the molecule is Cc1c(C)c(C)c(S(=O)(=O)N2CCN(S(=O)(=O)c3cc(Cl)ccc3Cl)CC2)c(C)c1C. The summed E-state index contributed by atoms with van der Waals surface area (Å²) in [5, 5.41) is 0.344. The monoisotopic (exact) mass is 504 g/mol. The van der Waals surface area contributed by atoms with E-state index in [4.69, 9.17) is 23.2 Å². The second-order valence-electron chi connectivity index (χ2n) is 7.84. The number of nitrogens with zero attached hydrogens (tertiary/aromatic N) is 2. The van der Waals surface area contributed by atoms with E-state index < -0.39 is 20.0 Å². The van der Waals surface area contributed by atoms with Crippen LogP contribution in [0.5, 0.6) is 0 Å². The van der Waals surface area contributed by atoms with Crippen molar-refractivity contribution in [3.63, 3.8) is 0 Å². The normalized spacial score (nSPS) is 16.6. The highest BCUT2D eigenvalue weighted by Gasteiger charge is 2.36. The van der Waals surface area contributed by atoms with Crippen LogP contribution in [-0.2, 0) is 20.0 Å². The predicted octanol–water partition coefficient (Wildman–Crippen LogP) is 4.23. The molecule has 2 aromatic carbocycles. The van der Waals surface area contributed by atoms with Crippen LogP contribution in [0.2, 0.25) is 10.0 Å². The lowest BCUT2D eigenvalue weighted by Gasteiger charge is -2.34. The molecule has 0 spiro atoms. The molecule has 0 amide bonds. The molecule has 3 rings (SSSR count). The fourth-order valence-electron chi connectivity index (χ4n) is 3.95. The van der Waals surface area contributed by atoms with Crippen molar-refractivity contribution >= 4 is 43.2 Å². The summed E-state index contributed by atoms with van der Waals surface area (Å²) in [6.07, 6.45) is 0. The Morgan fingerprint density at radius 1 is 0.677 bits per heavy atom. The number of sulfonamides is 2. The average molecular weight is 505 g/mol. The lowest BCUT2D eigenvalue weighted by molar-refractivity contribution is 0.272. The van der Waals surface area contributed by atoms with E-state index in [0.717, 1.165) is 27.8 Å². The Balaban J connectivity index is 1.90. The molecule has 0 bridgehead atoms. The molecule has 1 aliphatic rings. The third kappa shape index (κ3) is 4.26. The Bertz CT molecular complexity index is 1220. The van der Waals surface area contributed by atoms with Gasteiger partial charge in [0.05, 0.1) is 9.92 Å². The summed E-state index contributed by atoms with van der Waals surface area (Å²) < 4.78 is 55.7. The van der Waals surface area contributed by atoms with Crippen molar-refractivity contribution in [1.82, 2.24) is 8.61 Å². The summed E-state index contributed by atoms with van der Waals surface area (Å²) in [6.45, 7) is 9.68. The summed E-state index contributed by atoms with van der Waals surface area (Å²) in [4.78, 5) is 0.247. The Morgan fingerprint density at radius 2 is 1.10 bits per heavy atom. The standard InChI is InChI=1S/C21H26Cl2N2O4S2/c1-13-14(2)16(4)21(17(5)15(13)3)31(28,29)25-10-8-24(9-11-25)30(26,27)20-12-18(22)6-7-19(20)23/h6-7,12H,8-11H2,1-5H3. The second kappa shape index (κ2) is 8.65. The van der Waals surface area contributed by atoms with E-state index in [0.29, 0.717) is 4.90 Å². The first-order chi connectivity index (χ1) is 14.3. The number of hydrogen-bond donors (Lipinski definition) is 0. The first-order valence-corrected chi connectivity index (χ1v) is 13.5. The first-order valence-electron chi connectivity index (χ1n) is 9.82. The molecule has 0 aliphatic carbocycles. The maximum atomic E-state index is 13.5. The van der Waals surface area contributed by atoms with Crippen molar-refractivity contribution in [3.05, 3.63) is 56.1 Å². The van der Waals surface area contributed by atoms with Gasteiger partial charge in [-0.3, -0.25) is 0 Å². The lowest BCUT2D eigenvalue weighted by Crippen LogP contribution is -2.50. The minimum Gasteiger partial charge on any atom is -0.207 e. The van der Waals surface area contributed by atoms with Crippen molar-refractivity contribution in [2.75, 3.05) is 26.2 Å². The van der Waals surface area contributed by atoms with Crippen LogP contribution in [0, 0.1) is 34.6 Å². The zero-order valence-corrected chi connectivity index (χ0v) is 21.3. The Labute approximate surface area is 194 Å². The zero-order chi connectivity index (χ0) is 23.3. The van der Waals surface area contributed by atoms with Gasteiger partial charge in [-0.25, -0.2) is 16.8 Å². The van der Waals surface area contributed by atoms with Gasteiger partial charge in [0.15, 0.2) is 0 Å². The average Bonchev–Trinajstić information content (AvgIpc) is 2.72. The maximum Gasteiger partial charge on any atom is 0.244 e. The van der Waals surface area contributed by atoms with E-state index in [1.807, 2.05) is 34.6 Å². The summed E-state index contributed by atoms with van der Waals surface area (Å²) in [5.74, 6) is 0. The first kappa shape index (κ1) is 24.5. The molecular formula is C21H26Cl2N2O4S2. The van der Waals surface area contributed by atoms with Crippen LogP contribution in [0.25, 0.3) is 0 Å². The molecule has 0 atom stereocenters. The van der Waals surface area contributed by atoms with Gasteiger partial charge in [-0.05, 0) is 80.6 Å². The van der Waals surface area contributed by atoms with Crippen molar-refractivity contribution in [3.8, 4) is 0 Å². The molecular weight excluding hydrogens is 479 g/mol. The van der Waals surface area contributed by atoms with Gasteiger partial charge in [-0.15, -0.1) is 0 Å². The van der Waals surface area contributed by atoms with Gasteiger partial charge in [0.2, 0.25) is 20.0 Å². The van der Waals surface area contributed by atoms with Crippen LogP contribution < -0.4 is 0 Å². The molecule has 0 unspecified atom stereocenters. The third-order valence-electron chi connectivity index (χ3n) is 6.24. The molecule has 31 heavy (non-hydrogen) atoms. The fraction of sp³-hybridized carbons (Fsp3) is 0.429. The summed E-state index contributed by atoms with van der Waals surface area (Å²) in [5.41, 5.74) is 4.47. The molecule has 0 radical (unpaired) electrons. The van der Waals surface area contributed by atoms with Crippen LogP contribution in [-0.4, -0.2) is 51.6 Å². The van der Waals surface area contributed by atoms with Gasteiger partial charge in [-0.2, -0.15) is 8.61 Å². The molecule has 0 aromatic heterocycles. The molecule has 0 saturated carbocycles. The summed E-state index contributed by atoms with van der Waals surface area (Å²) >= 11 is 12.0. The van der Waals surface area contributed by atoms with Crippen molar-refractivity contribution < 1.29 is 16.8 Å². The van der Waals surface area contributed by atoms with Gasteiger partial charge >= 0.3 is 0 Å². The topological polar surface area (TPSA) is 74.8 Å². The summed E-state index contributed by atoms with van der Waals surface area (Å²) in [6, 6.07) is 4.27. The van der Waals surface area contributed by atoms with Crippen LogP contribution in [0.1, 0.15) is 27.8 Å². The number of hydrogen-bond acceptors (Lipinski definition) is 4. The minimum atomic E-state index is -3.89. The highest BCUT2D eigenvalue weighted by molar-refractivity contribution is 7.89. The van der Waals surface area contributed by atoms with Crippen LogP contribution in [0.15, 0.2) is 28.0 Å². The van der Waals surface area contributed by atoms with Gasteiger partial charge < -0.3 is 0 Å².